The van der Waals surface area contributed by atoms with E-state index in [-0.39, 0.29) is 28.9 Å². The first kappa shape index (κ1) is 19.6. The molecular weight excluding hydrogens is 395 g/mol. The second kappa shape index (κ2) is 8.35. The van der Waals surface area contributed by atoms with Crippen molar-refractivity contribution in [3.63, 3.8) is 0 Å². The first-order valence-electron chi connectivity index (χ1n) is 9.44. The number of carbonyl (C=O) groups excluding carboxylic acids is 1. The van der Waals surface area contributed by atoms with Crippen molar-refractivity contribution in [3.8, 4) is 0 Å². The molecule has 1 amide bonds. The van der Waals surface area contributed by atoms with Crippen LogP contribution in [0.4, 0.5) is 10.1 Å². The predicted octanol–water partition coefficient (Wildman–Crippen LogP) is 4.67. The normalized spacial score (nSPS) is 17.1. The SMILES string of the molecule is Cc1ccc(N=c2oc3ccc(Cl)cc3cc2C(=O)NC[C@@H]2CCCO2)cc1F. The number of ether oxygens (including phenoxy) is 1. The maximum atomic E-state index is 13.9. The van der Waals surface area contributed by atoms with Crippen LogP contribution in [0.25, 0.3) is 11.0 Å². The number of fused-ring (bicyclic) bond motifs is 1. The van der Waals surface area contributed by atoms with Crippen molar-refractivity contribution in [2.75, 3.05) is 13.2 Å². The van der Waals surface area contributed by atoms with E-state index < -0.39 is 0 Å². The molecule has 4 rings (SSSR count). The fourth-order valence-electron chi connectivity index (χ4n) is 3.22. The number of benzene rings is 2. The summed E-state index contributed by atoms with van der Waals surface area (Å²) in [6, 6.07) is 11.4. The van der Waals surface area contributed by atoms with Crippen LogP contribution in [0.3, 0.4) is 0 Å². The summed E-state index contributed by atoms with van der Waals surface area (Å²) in [5.41, 5.74) is 1.75. The molecule has 29 heavy (non-hydrogen) atoms. The van der Waals surface area contributed by atoms with Gasteiger partial charge in [0.25, 0.3) is 5.91 Å². The average molecular weight is 415 g/mol. The Balaban J connectivity index is 1.76. The number of halogens is 2. The lowest BCUT2D eigenvalue weighted by molar-refractivity contribution is 0.0854. The van der Waals surface area contributed by atoms with Crippen molar-refractivity contribution in [2.45, 2.75) is 25.9 Å². The summed E-state index contributed by atoms with van der Waals surface area (Å²) in [5.74, 6) is -0.708. The molecule has 1 N–H and O–H groups in total. The molecule has 0 saturated carbocycles. The van der Waals surface area contributed by atoms with Gasteiger partial charge in [-0.1, -0.05) is 17.7 Å². The van der Waals surface area contributed by atoms with Gasteiger partial charge in [-0.15, -0.1) is 0 Å². The van der Waals surface area contributed by atoms with Crippen molar-refractivity contribution in [1.29, 1.82) is 0 Å². The molecule has 1 aliphatic heterocycles. The summed E-state index contributed by atoms with van der Waals surface area (Å²) in [5, 5.41) is 4.08. The Labute approximate surface area is 172 Å². The van der Waals surface area contributed by atoms with Crippen molar-refractivity contribution in [3.05, 3.63) is 70.0 Å². The second-order valence-electron chi connectivity index (χ2n) is 7.04. The minimum Gasteiger partial charge on any atom is -0.438 e. The van der Waals surface area contributed by atoms with Crippen molar-refractivity contribution < 1.29 is 18.3 Å². The van der Waals surface area contributed by atoms with Crippen molar-refractivity contribution in [2.24, 2.45) is 4.99 Å². The van der Waals surface area contributed by atoms with Gasteiger partial charge in [0.1, 0.15) is 17.0 Å². The van der Waals surface area contributed by atoms with E-state index in [4.69, 9.17) is 20.8 Å². The van der Waals surface area contributed by atoms with Crippen LogP contribution in [0.1, 0.15) is 28.8 Å². The lowest BCUT2D eigenvalue weighted by Crippen LogP contribution is -2.34. The second-order valence-corrected chi connectivity index (χ2v) is 7.47. The quantitative estimate of drug-likeness (QED) is 0.674. The van der Waals surface area contributed by atoms with E-state index in [0.29, 0.717) is 40.4 Å². The number of nitrogens with one attached hydrogen (secondary N) is 1. The third kappa shape index (κ3) is 4.49. The van der Waals surface area contributed by atoms with Crippen LogP contribution in [-0.2, 0) is 4.74 Å². The molecule has 7 heteroatoms. The van der Waals surface area contributed by atoms with Crippen LogP contribution < -0.4 is 10.9 Å². The molecule has 1 aliphatic rings. The van der Waals surface area contributed by atoms with Gasteiger partial charge < -0.3 is 14.5 Å². The number of amides is 1. The zero-order chi connectivity index (χ0) is 20.4. The molecule has 0 unspecified atom stereocenters. The van der Waals surface area contributed by atoms with Crippen LogP contribution in [0.15, 0.2) is 51.9 Å². The zero-order valence-corrected chi connectivity index (χ0v) is 16.6. The fraction of sp³-hybridized carbons (Fsp3) is 0.273. The molecule has 1 aromatic heterocycles. The Kier molecular flexibility index (Phi) is 5.65. The molecule has 0 aliphatic carbocycles. The highest BCUT2D eigenvalue weighted by molar-refractivity contribution is 6.31. The number of hydrogen-bond acceptors (Lipinski definition) is 4. The Morgan fingerprint density at radius 3 is 2.90 bits per heavy atom. The fourth-order valence-corrected chi connectivity index (χ4v) is 3.40. The third-order valence-corrected chi connectivity index (χ3v) is 5.09. The molecule has 1 fully saturated rings. The lowest BCUT2D eigenvalue weighted by atomic mass is 10.1. The summed E-state index contributed by atoms with van der Waals surface area (Å²) in [6.45, 7) is 2.79. The molecule has 1 atom stereocenters. The Bertz CT molecular complexity index is 1140. The van der Waals surface area contributed by atoms with Gasteiger partial charge >= 0.3 is 0 Å². The topological polar surface area (TPSA) is 63.8 Å². The summed E-state index contributed by atoms with van der Waals surface area (Å²) in [4.78, 5) is 17.3. The molecule has 3 aromatic rings. The van der Waals surface area contributed by atoms with Gasteiger partial charge in [-0.2, -0.15) is 0 Å². The summed E-state index contributed by atoms with van der Waals surface area (Å²) < 4.78 is 25.4. The number of aryl methyl sites for hydroxylation is 1. The Hall–Kier alpha value is -2.70. The predicted molar refractivity (Wildman–Crippen MR) is 109 cm³/mol. The van der Waals surface area contributed by atoms with Crippen LogP contribution in [0.2, 0.25) is 5.02 Å². The standard InChI is InChI=1S/C22H20ClFN2O3/c1-13-4-6-16(11-19(13)24)26-22-18(21(27)25-12-17-3-2-8-28-17)10-14-9-15(23)5-7-20(14)29-22/h4-7,9-11,17H,2-3,8,12H2,1H3,(H,25,27)/t17-/m0/s1. The molecule has 0 spiro atoms. The molecule has 150 valence electrons. The van der Waals surface area contributed by atoms with Gasteiger partial charge in [-0.3, -0.25) is 4.79 Å². The highest BCUT2D eigenvalue weighted by Crippen LogP contribution is 2.21. The molecule has 0 bridgehead atoms. The smallest absolute Gasteiger partial charge is 0.256 e. The van der Waals surface area contributed by atoms with Crippen LogP contribution in [-0.4, -0.2) is 25.2 Å². The summed E-state index contributed by atoms with van der Waals surface area (Å²) >= 11 is 6.08. The van der Waals surface area contributed by atoms with Gasteiger partial charge in [0, 0.05) is 23.6 Å². The molecule has 1 saturated heterocycles. The number of nitrogens with zero attached hydrogens (tertiary/aromatic N) is 1. The van der Waals surface area contributed by atoms with E-state index in [2.05, 4.69) is 10.3 Å². The minimum absolute atomic E-state index is 0.0115. The van der Waals surface area contributed by atoms with Gasteiger partial charge in [0.2, 0.25) is 5.55 Å². The maximum Gasteiger partial charge on any atom is 0.256 e. The first-order valence-corrected chi connectivity index (χ1v) is 9.81. The molecule has 2 heterocycles. The lowest BCUT2D eigenvalue weighted by Gasteiger charge is -2.11. The number of carbonyl (C=O) groups is 1. The molecular formula is C22H20ClFN2O3. The minimum atomic E-state index is -0.372. The Morgan fingerprint density at radius 1 is 1.28 bits per heavy atom. The van der Waals surface area contributed by atoms with E-state index in [1.807, 2.05) is 0 Å². The van der Waals surface area contributed by atoms with E-state index in [1.54, 1.807) is 43.3 Å². The van der Waals surface area contributed by atoms with Gasteiger partial charge in [0.05, 0.1) is 11.8 Å². The first-order chi connectivity index (χ1) is 14.0. The maximum absolute atomic E-state index is 13.9. The van der Waals surface area contributed by atoms with Crippen molar-refractivity contribution >= 4 is 34.2 Å². The molecule has 0 radical (unpaired) electrons. The van der Waals surface area contributed by atoms with E-state index in [1.165, 1.54) is 6.07 Å². The highest BCUT2D eigenvalue weighted by atomic mass is 35.5. The van der Waals surface area contributed by atoms with Crippen LogP contribution in [0, 0.1) is 12.7 Å². The van der Waals surface area contributed by atoms with Crippen molar-refractivity contribution in [1.82, 2.24) is 5.32 Å². The van der Waals surface area contributed by atoms with Gasteiger partial charge in [-0.05, 0) is 61.7 Å². The van der Waals surface area contributed by atoms with E-state index in [9.17, 15) is 9.18 Å². The molecule has 5 nitrogen and oxygen atoms in total. The van der Waals surface area contributed by atoms with Crippen LogP contribution in [0.5, 0.6) is 0 Å². The monoisotopic (exact) mass is 414 g/mol. The van der Waals surface area contributed by atoms with E-state index >= 15 is 0 Å². The zero-order valence-electron chi connectivity index (χ0n) is 15.9. The highest BCUT2D eigenvalue weighted by Gasteiger charge is 2.18. The third-order valence-electron chi connectivity index (χ3n) is 4.85. The van der Waals surface area contributed by atoms with Gasteiger partial charge in [0.15, 0.2) is 0 Å². The largest absolute Gasteiger partial charge is 0.438 e. The number of hydrogen-bond donors (Lipinski definition) is 1. The number of rotatable bonds is 4. The Morgan fingerprint density at radius 2 is 2.14 bits per heavy atom. The average Bonchev–Trinajstić information content (AvgIpc) is 3.22. The van der Waals surface area contributed by atoms with E-state index in [0.717, 1.165) is 12.8 Å². The summed E-state index contributed by atoms with van der Waals surface area (Å²) in [6.07, 6.45) is 1.92. The van der Waals surface area contributed by atoms with Crippen LogP contribution >= 0.6 is 11.6 Å². The molecule has 2 aromatic carbocycles. The van der Waals surface area contributed by atoms with Gasteiger partial charge in [-0.25, -0.2) is 9.38 Å². The summed E-state index contributed by atoms with van der Waals surface area (Å²) in [7, 11) is 0.